The zero-order valence-electron chi connectivity index (χ0n) is 17.9. The summed E-state index contributed by atoms with van der Waals surface area (Å²) in [7, 11) is 1.90. The summed E-state index contributed by atoms with van der Waals surface area (Å²) in [4.78, 5) is 13.9. The van der Waals surface area contributed by atoms with Crippen molar-refractivity contribution in [2.75, 3.05) is 39.8 Å². The lowest BCUT2D eigenvalue weighted by atomic mass is 9.93. The van der Waals surface area contributed by atoms with Crippen LogP contribution in [0.15, 0.2) is 23.7 Å². The van der Waals surface area contributed by atoms with Crippen LogP contribution in [-0.2, 0) is 0 Å². The summed E-state index contributed by atoms with van der Waals surface area (Å²) in [6.07, 6.45) is 13.7. The summed E-state index contributed by atoms with van der Waals surface area (Å²) in [5.41, 5.74) is 0. The monoisotopic (exact) mass is 502 g/mol. The van der Waals surface area contributed by atoms with Gasteiger partial charge in [-0.2, -0.15) is 0 Å². The van der Waals surface area contributed by atoms with Gasteiger partial charge < -0.3 is 19.7 Å². The third kappa shape index (κ3) is 6.34. The number of halogens is 1. The molecular weight excluding hydrogens is 463 g/mol. The normalized spacial score (nSPS) is 26.8. The molecular formula is C21H39IN6. The van der Waals surface area contributed by atoms with Crippen LogP contribution in [0.25, 0.3) is 0 Å². The highest BCUT2D eigenvalue weighted by Crippen LogP contribution is 2.27. The fourth-order valence-electron chi connectivity index (χ4n) is 4.56. The van der Waals surface area contributed by atoms with Crippen LogP contribution in [0.1, 0.15) is 58.4 Å². The lowest BCUT2D eigenvalue weighted by Gasteiger charge is -2.39. The van der Waals surface area contributed by atoms with E-state index in [4.69, 9.17) is 0 Å². The molecule has 0 spiro atoms. The lowest BCUT2D eigenvalue weighted by Crippen LogP contribution is -2.49. The Morgan fingerprint density at radius 3 is 2.75 bits per heavy atom. The number of nitrogens with zero attached hydrogens (tertiary/aromatic N) is 5. The van der Waals surface area contributed by atoms with Crippen molar-refractivity contribution >= 4 is 29.9 Å². The molecule has 1 aromatic rings. The van der Waals surface area contributed by atoms with Crippen molar-refractivity contribution in [3.63, 3.8) is 0 Å². The molecule has 2 fully saturated rings. The SMILES string of the molecule is CN=C(NCCCCN1CCCCC1C)N1CCC(C)C(n2ccnc2)C1.I. The van der Waals surface area contributed by atoms with Crippen LogP contribution in [0, 0.1) is 5.92 Å². The molecule has 0 aromatic carbocycles. The number of hydrogen-bond acceptors (Lipinski definition) is 3. The van der Waals surface area contributed by atoms with E-state index in [1.807, 2.05) is 19.6 Å². The van der Waals surface area contributed by atoms with Gasteiger partial charge in [-0.15, -0.1) is 24.0 Å². The van der Waals surface area contributed by atoms with Crippen molar-refractivity contribution in [2.24, 2.45) is 10.9 Å². The van der Waals surface area contributed by atoms with E-state index in [1.165, 1.54) is 51.6 Å². The van der Waals surface area contributed by atoms with Crippen molar-refractivity contribution in [1.29, 1.82) is 0 Å². The quantitative estimate of drug-likeness (QED) is 0.280. The maximum absolute atomic E-state index is 4.55. The summed E-state index contributed by atoms with van der Waals surface area (Å²) >= 11 is 0. The second-order valence-electron chi connectivity index (χ2n) is 8.35. The highest BCUT2D eigenvalue weighted by molar-refractivity contribution is 14.0. The molecule has 0 amide bonds. The third-order valence-corrected chi connectivity index (χ3v) is 6.43. The highest BCUT2D eigenvalue weighted by atomic mass is 127. The summed E-state index contributed by atoms with van der Waals surface area (Å²) in [5, 5.41) is 3.60. The Hall–Kier alpha value is -0.830. The summed E-state index contributed by atoms with van der Waals surface area (Å²) in [6, 6.07) is 1.25. The first-order valence-corrected chi connectivity index (χ1v) is 10.9. The second kappa shape index (κ2) is 12.0. The molecule has 28 heavy (non-hydrogen) atoms. The average Bonchev–Trinajstić information content (AvgIpc) is 3.21. The Bertz CT molecular complexity index is 575. The summed E-state index contributed by atoms with van der Waals surface area (Å²) in [5.74, 6) is 1.72. The molecule has 0 saturated carbocycles. The van der Waals surface area contributed by atoms with Crippen molar-refractivity contribution in [2.45, 2.75) is 64.5 Å². The Kier molecular flexibility index (Phi) is 10.0. The van der Waals surface area contributed by atoms with Gasteiger partial charge >= 0.3 is 0 Å². The standard InChI is InChI=1S/C21H38N6.HI/c1-18-9-14-26(16-20(18)27-15-11-23-17-27)21(22-3)24-10-5-7-13-25-12-6-4-8-19(25)2;/h11,15,17-20H,4-10,12-14,16H2,1-3H3,(H,22,24);1H. The maximum atomic E-state index is 4.55. The van der Waals surface area contributed by atoms with E-state index in [2.05, 4.69) is 49.7 Å². The molecule has 1 aromatic heterocycles. The van der Waals surface area contributed by atoms with E-state index >= 15 is 0 Å². The molecule has 3 unspecified atom stereocenters. The van der Waals surface area contributed by atoms with E-state index in [1.54, 1.807) is 0 Å². The van der Waals surface area contributed by atoms with E-state index in [0.29, 0.717) is 12.0 Å². The summed E-state index contributed by atoms with van der Waals surface area (Å²) < 4.78 is 2.25. The van der Waals surface area contributed by atoms with Gasteiger partial charge in [0.2, 0.25) is 0 Å². The first-order valence-electron chi connectivity index (χ1n) is 10.9. The minimum Gasteiger partial charge on any atom is -0.356 e. The van der Waals surface area contributed by atoms with Crippen LogP contribution in [0.4, 0.5) is 0 Å². The fourth-order valence-corrected chi connectivity index (χ4v) is 4.56. The number of nitrogens with one attached hydrogen (secondary N) is 1. The molecule has 2 aliphatic rings. The van der Waals surface area contributed by atoms with Crippen molar-refractivity contribution in [1.82, 2.24) is 24.7 Å². The predicted molar refractivity (Wildman–Crippen MR) is 128 cm³/mol. The number of likely N-dealkylation sites (tertiary alicyclic amines) is 2. The number of aromatic nitrogens is 2. The molecule has 0 radical (unpaired) electrons. The number of imidazole rings is 1. The highest BCUT2D eigenvalue weighted by Gasteiger charge is 2.28. The minimum atomic E-state index is 0. The van der Waals surface area contributed by atoms with E-state index in [-0.39, 0.29) is 24.0 Å². The summed E-state index contributed by atoms with van der Waals surface area (Å²) in [6.45, 7) is 10.4. The Labute approximate surface area is 188 Å². The van der Waals surface area contributed by atoms with Gasteiger partial charge in [0.25, 0.3) is 0 Å². The van der Waals surface area contributed by atoms with Gasteiger partial charge in [0.15, 0.2) is 5.96 Å². The Balaban J connectivity index is 0.00000280. The van der Waals surface area contributed by atoms with Crippen LogP contribution in [0.3, 0.4) is 0 Å². The smallest absolute Gasteiger partial charge is 0.193 e. The van der Waals surface area contributed by atoms with Gasteiger partial charge in [-0.3, -0.25) is 4.99 Å². The fraction of sp³-hybridized carbons (Fsp3) is 0.810. The maximum Gasteiger partial charge on any atom is 0.193 e. The minimum absolute atomic E-state index is 0. The number of rotatable bonds is 6. The zero-order valence-corrected chi connectivity index (χ0v) is 20.2. The number of piperidine rings is 2. The van der Waals surface area contributed by atoms with Crippen LogP contribution in [0.5, 0.6) is 0 Å². The molecule has 7 heteroatoms. The molecule has 3 heterocycles. The van der Waals surface area contributed by atoms with Crippen LogP contribution in [0.2, 0.25) is 0 Å². The zero-order chi connectivity index (χ0) is 19.1. The molecule has 2 aliphatic heterocycles. The van der Waals surface area contributed by atoms with Crippen molar-refractivity contribution < 1.29 is 0 Å². The van der Waals surface area contributed by atoms with Gasteiger partial charge in [-0.1, -0.05) is 13.3 Å². The van der Waals surface area contributed by atoms with Crippen LogP contribution in [-0.4, -0.2) is 71.1 Å². The van der Waals surface area contributed by atoms with Gasteiger partial charge in [0.1, 0.15) is 0 Å². The third-order valence-electron chi connectivity index (χ3n) is 6.43. The van der Waals surface area contributed by atoms with Gasteiger partial charge in [-0.05, 0) is 58.0 Å². The lowest BCUT2D eigenvalue weighted by molar-refractivity contribution is 0.158. The molecule has 6 nitrogen and oxygen atoms in total. The molecule has 0 aliphatic carbocycles. The van der Waals surface area contributed by atoms with Gasteiger partial charge in [0.05, 0.1) is 12.4 Å². The number of guanidine groups is 1. The molecule has 2 saturated heterocycles. The van der Waals surface area contributed by atoms with E-state index in [0.717, 1.165) is 31.6 Å². The number of unbranched alkanes of at least 4 members (excludes halogenated alkanes) is 1. The molecule has 3 atom stereocenters. The van der Waals surface area contributed by atoms with Crippen molar-refractivity contribution in [3.05, 3.63) is 18.7 Å². The van der Waals surface area contributed by atoms with Crippen LogP contribution < -0.4 is 5.32 Å². The topological polar surface area (TPSA) is 48.7 Å². The first-order chi connectivity index (χ1) is 13.2. The van der Waals surface area contributed by atoms with E-state index < -0.39 is 0 Å². The van der Waals surface area contributed by atoms with Gasteiger partial charge in [-0.25, -0.2) is 4.98 Å². The van der Waals surface area contributed by atoms with Crippen molar-refractivity contribution in [3.8, 4) is 0 Å². The number of aliphatic imine (C=N–C) groups is 1. The molecule has 160 valence electrons. The van der Waals surface area contributed by atoms with Gasteiger partial charge in [0, 0.05) is 45.1 Å². The predicted octanol–water partition coefficient (Wildman–Crippen LogP) is 3.61. The number of hydrogen-bond donors (Lipinski definition) is 1. The molecule has 1 N–H and O–H groups in total. The Morgan fingerprint density at radius 1 is 1.18 bits per heavy atom. The average molecular weight is 502 g/mol. The Morgan fingerprint density at radius 2 is 2.04 bits per heavy atom. The second-order valence-corrected chi connectivity index (χ2v) is 8.35. The van der Waals surface area contributed by atoms with Crippen LogP contribution >= 0.6 is 24.0 Å². The molecule has 0 bridgehead atoms. The van der Waals surface area contributed by atoms with E-state index in [9.17, 15) is 0 Å². The molecule has 3 rings (SSSR count). The largest absolute Gasteiger partial charge is 0.356 e. The first kappa shape index (κ1) is 23.4.